The van der Waals surface area contributed by atoms with Crippen molar-refractivity contribution in [3.8, 4) is 5.69 Å². The molecule has 0 unspecified atom stereocenters. The van der Waals surface area contributed by atoms with E-state index in [0.29, 0.717) is 12.2 Å². The quantitative estimate of drug-likeness (QED) is 0.0783. The third-order valence-electron chi connectivity index (χ3n) is 7.91. The Morgan fingerprint density at radius 3 is 2.22 bits per heavy atom. The van der Waals surface area contributed by atoms with Gasteiger partial charge in [-0.3, -0.25) is 9.56 Å². The maximum atomic E-state index is 12.5. The number of aromatic amines is 1. The predicted molar refractivity (Wildman–Crippen MR) is 194 cm³/mol. The van der Waals surface area contributed by atoms with Crippen LogP contribution in [-0.2, 0) is 30.2 Å². The predicted octanol–water partition coefficient (Wildman–Crippen LogP) is 5.59. The van der Waals surface area contributed by atoms with Crippen LogP contribution in [0.4, 0.5) is 0 Å². The van der Waals surface area contributed by atoms with E-state index in [-0.39, 0.29) is 22.5 Å². The molecule has 0 atom stereocenters. The van der Waals surface area contributed by atoms with Crippen LogP contribution in [0.25, 0.3) is 16.7 Å². The minimum absolute atomic E-state index is 0.0352. The monoisotopic (exact) mass is 628 g/mol. The Morgan fingerprint density at radius 2 is 1.61 bits per heavy atom. The fraction of sp³-hybridized carbons (Fsp3) is 0.486. The zero-order chi connectivity index (χ0) is 33.9. The number of nitrogens with zero attached hydrogens (tertiary/aromatic N) is 3. The van der Waals surface area contributed by atoms with Gasteiger partial charge in [0.05, 0.1) is 5.69 Å². The molecule has 2 aromatic carbocycles. The van der Waals surface area contributed by atoms with Crippen molar-refractivity contribution >= 4 is 17.0 Å². The molecule has 0 saturated heterocycles. The second kappa shape index (κ2) is 16.6. The van der Waals surface area contributed by atoms with E-state index in [1.807, 2.05) is 30.5 Å². The molecule has 0 saturated carbocycles. The van der Waals surface area contributed by atoms with E-state index in [4.69, 9.17) is 17.2 Å². The number of hydrogen-bond acceptors (Lipinski definition) is 5. The molecular formula is C37H56N8O. The van der Waals surface area contributed by atoms with Gasteiger partial charge in [0.15, 0.2) is 5.96 Å². The molecule has 9 nitrogen and oxygen atoms in total. The standard InChI is InChI=1S/C21H29N7O.C16H27N/c1-21(2,3)17-11-15-13-28(20(29)27-18(15)26-17)16-7-5-14(6-8-16)12-24-9-4-10-25-19(22)23;1-5-13-10-14(8-6-7-9-17)12-15(11-13)16(2,3)4/h5-8,11,13,24H,4,9-10,12H2,1-3H3,(H4,22,23,25)(H,26,27,29);10-12H,5-9,17H2,1-4H3. The number of rotatable bonds is 12. The van der Waals surface area contributed by atoms with Gasteiger partial charge in [-0.15, -0.1) is 0 Å². The van der Waals surface area contributed by atoms with Crippen molar-refractivity contribution in [3.63, 3.8) is 0 Å². The Kier molecular flexibility index (Phi) is 13.1. The van der Waals surface area contributed by atoms with Crippen LogP contribution in [0, 0.1) is 0 Å². The van der Waals surface area contributed by atoms with Crippen molar-refractivity contribution in [2.75, 3.05) is 19.6 Å². The van der Waals surface area contributed by atoms with E-state index in [0.717, 1.165) is 67.6 Å². The molecule has 0 fully saturated rings. The number of aliphatic imine (C=N–C) groups is 1. The number of hydrogen-bond donors (Lipinski definition) is 5. The van der Waals surface area contributed by atoms with Crippen molar-refractivity contribution < 1.29 is 0 Å². The molecule has 4 rings (SSSR count). The van der Waals surface area contributed by atoms with Crippen LogP contribution in [0.2, 0.25) is 0 Å². The fourth-order valence-corrected chi connectivity index (χ4v) is 5.02. The second-order valence-corrected chi connectivity index (χ2v) is 14.0. The van der Waals surface area contributed by atoms with E-state index < -0.39 is 0 Å². The summed E-state index contributed by atoms with van der Waals surface area (Å²) in [7, 11) is 0. The average molecular weight is 629 g/mol. The normalized spacial score (nSPS) is 11.7. The zero-order valence-electron chi connectivity index (χ0n) is 29.0. The Hall–Kier alpha value is -3.95. The first kappa shape index (κ1) is 36.5. The maximum absolute atomic E-state index is 12.5. The summed E-state index contributed by atoms with van der Waals surface area (Å²) < 4.78 is 1.58. The molecule has 0 bridgehead atoms. The van der Waals surface area contributed by atoms with Crippen LogP contribution in [0.1, 0.15) is 95.7 Å². The van der Waals surface area contributed by atoms with Crippen molar-refractivity contribution in [2.24, 2.45) is 22.2 Å². The molecule has 4 aromatic rings. The third-order valence-corrected chi connectivity index (χ3v) is 7.91. The lowest BCUT2D eigenvalue weighted by atomic mass is 9.84. The largest absolute Gasteiger partial charge is 0.370 e. The van der Waals surface area contributed by atoms with Gasteiger partial charge < -0.3 is 27.5 Å². The first-order chi connectivity index (χ1) is 21.7. The molecule has 0 aliphatic heterocycles. The summed E-state index contributed by atoms with van der Waals surface area (Å²) in [5, 5.41) is 4.27. The topological polar surface area (TPSA) is 153 Å². The van der Waals surface area contributed by atoms with E-state index >= 15 is 0 Å². The summed E-state index contributed by atoms with van der Waals surface area (Å²) >= 11 is 0. The van der Waals surface area contributed by atoms with Crippen molar-refractivity contribution in [1.29, 1.82) is 0 Å². The van der Waals surface area contributed by atoms with Gasteiger partial charge in [0.25, 0.3) is 0 Å². The number of aromatic nitrogens is 3. The van der Waals surface area contributed by atoms with Gasteiger partial charge in [-0.25, -0.2) is 4.79 Å². The van der Waals surface area contributed by atoms with Crippen LogP contribution in [-0.4, -0.2) is 40.1 Å². The molecule has 9 heteroatoms. The Balaban J connectivity index is 0.000000289. The molecule has 0 aliphatic carbocycles. The maximum Gasteiger partial charge on any atom is 0.354 e. The lowest BCUT2D eigenvalue weighted by Gasteiger charge is -2.21. The molecule has 250 valence electrons. The highest BCUT2D eigenvalue weighted by atomic mass is 16.1. The number of guanidine groups is 1. The van der Waals surface area contributed by atoms with Gasteiger partial charge in [0.2, 0.25) is 0 Å². The van der Waals surface area contributed by atoms with Gasteiger partial charge >= 0.3 is 5.69 Å². The minimum atomic E-state index is -0.301. The molecular weight excluding hydrogens is 572 g/mol. The lowest BCUT2D eigenvalue weighted by molar-refractivity contribution is 0.574. The molecule has 8 N–H and O–H groups in total. The molecule has 2 heterocycles. The van der Waals surface area contributed by atoms with Crippen molar-refractivity contribution in [1.82, 2.24) is 19.9 Å². The summed E-state index contributed by atoms with van der Waals surface area (Å²) in [5.74, 6) is 0.123. The van der Waals surface area contributed by atoms with E-state index in [9.17, 15) is 4.79 Å². The SMILES string of the molecule is CC(C)(C)c1cc2cn(-c3ccc(CNCCCN=C(N)N)cc3)c(=O)nc2[nH]1.CCc1cc(CCCCN)cc(C(C)(C)C)c1. The fourth-order valence-electron chi connectivity index (χ4n) is 5.02. The smallest absolute Gasteiger partial charge is 0.354 e. The van der Waals surface area contributed by atoms with Crippen LogP contribution < -0.4 is 28.2 Å². The van der Waals surface area contributed by atoms with E-state index in [2.05, 4.69) is 93.0 Å². The van der Waals surface area contributed by atoms with Crippen molar-refractivity contribution in [3.05, 3.63) is 93.2 Å². The van der Waals surface area contributed by atoms with Crippen molar-refractivity contribution in [2.45, 2.75) is 97.9 Å². The van der Waals surface area contributed by atoms with Crippen LogP contribution >= 0.6 is 0 Å². The number of aryl methyl sites for hydroxylation is 2. The van der Waals surface area contributed by atoms with Gasteiger partial charge in [-0.1, -0.05) is 78.8 Å². The molecule has 0 aliphatic rings. The minimum Gasteiger partial charge on any atom is -0.370 e. The molecule has 0 amide bonds. The highest BCUT2D eigenvalue weighted by Crippen LogP contribution is 2.26. The Labute approximate surface area is 275 Å². The summed E-state index contributed by atoms with van der Waals surface area (Å²) in [6, 6.07) is 17.0. The van der Waals surface area contributed by atoms with E-state index in [1.54, 1.807) is 4.57 Å². The number of nitrogens with two attached hydrogens (primary N) is 3. The highest BCUT2D eigenvalue weighted by molar-refractivity contribution is 5.76. The van der Waals surface area contributed by atoms with Gasteiger partial charge in [-0.05, 0) is 91.1 Å². The first-order valence-electron chi connectivity index (χ1n) is 16.5. The highest BCUT2D eigenvalue weighted by Gasteiger charge is 2.18. The summed E-state index contributed by atoms with van der Waals surface area (Å²) in [4.78, 5) is 23.9. The lowest BCUT2D eigenvalue weighted by Crippen LogP contribution is -2.23. The first-order valence-corrected chi connectivity index (χ1v) is 16.5. The number of nitrogens with one attached hydrogen (secondary N) is 2. The van der Waals surface area contributed by atoms with Gasteiger partial charge in [-0.2, -0.15) is 4.98 Å². The second-order valence-electron chi connectivity index (χ2n) is 14.0. The molecule has 0 spiro atoms. The summed E-state index contributed by atoms with van der Waals surface area (Å²) in [5.41, 5.74) is 24.0. The van der Waals surface area contributed by atoms with E-state index in [1.165, 1.54) is 23.1 Å². The average Bonchev–Trinajstić information content (AvgIpc) is 3.42. The number of H-pyrrole nitrogens is 1. The number of unbranched alkanes of at least 4 members (excludes halogenated alkanes) is 1. The third kappa shape index (κ3) is 11.1. The number of benzene rings is 2. The molecule has 2 aromatic heterocycles. The van der Waals surface area contributed by atoms with Crippen LogP contribution in [0.15, 0.2) is 64.5 Å². The number of fused-ring (bicyclic) bond motifs is 1. The van der Waals surface area contributed by atoms with Crippen LogP contribution in [0.3, 0.4) is 0 Å². The Bertz CT molecular complexity index is 1610. The van der Waals surface area contributed by atoms with Crippen LogP contribution in [0.5, 0.6) is 0 Å². The van der Waals surface area contributed by atoms with Gasteiger partial charge in [0.1, 0.15) is 5.65 Å². The zero-order valence-corrected chi connectivity index (χ0v) is 29.0. The summed E-state index contributed by atoms with van der Waals surface area (Å²) in [6.07, 6.45) is 7.31. The Morgan fingerprint density at radius 1 is 0.913 bits per heavy atom. The van der Waals surface area contributed by atoms with Gasteiger partial charge in [0, 0.05) is 35.8 Å². The summed E-state index contributed by atoms with van der Waals surface area (Å²) in [6.45, 7) is 18.4. The molecule has 46 heavy (non-hydrogen) atoms. The molecule has 0 radical (unpaired) electrons.